The number of methoxy groups -OCH3 is 1. The summed E-state index contributed by atoms with van der Waals surface area (Å²) >= 11 is 0. The van der Waals surface area contributed by atoms with Gasteiger partial charge in [-0.1, -0.05) is 30.3 Å². The van der Waals surface area contributed by atoms with Crippen LogP contribution in [0.2, 0.25) is 0 Å². The van der Waals surface area contributed by atoms with Gasteiger partial charge in [0.15, 0.2) is 0 Å². The van der Waals surface area contributed by atoms with Crippen molar-refractivity contribution in [3.8, 4) is 22.6 Å². The van der Waals surface area contributed by atoms with Crippen molar-refractivity contribution in [2.45, 2.75) is 32.3 Å². The maximum atomic E-state index is 14.4. The van der Waals surface area contributed by atoms with Gasteiger partial charge in [0.25, 0.3) is 5.91 Å². The number of hydrogen-bond donors (Lipinski definition) is 1. The molecule has 0 atom stereocenters. The average Bonchev–Trinajstić information content (AvgIpc) is 3.85. The van der Waals surface area contributed by atoms with Gasteiger partial charge >= 0.3 is 5.97 Å². The normalized spacial score (nSPS) is 14.4. The van der Waals surface area contributed by atoms with Crippen LogP contribution in [0, 0.1) is 17.7 Å². The molecule has 212 valence electrons. The maximum absolute atomic E-state index is 14.4. The predicted octanol–water partition coefficient (Wildman–Crippen LogP) is 5.12. The molecule has 0 aromatic heterocycles. The van der Waals surface area contributed by atoms with Gasteiger partial charge in [-0.05, 0) is 79.1 Å². The number of hydrogen-bond acceptors (Lipinski definition) is 7. The Morgan fingerprint density at radius 3 is 2.20 bits per heavy atom. The zero-order valence-electron chi connectivity index (χ0n) is 22.4. The fourth-order valence-corrected chi connectivity index (χ4v) is 4.14. The number of amides is 1. The van der Waals surface area contributed by atoms with Crippen molar-refractivity contribution in [3.05, 3.63) is 83.7 Å². The first-order valence-corrected chi connectivity index (χ1v) is 14.8. The number of esters is 1. The van der Waals surface area contributed by atoms with E-state index >= 15 is 0 Å². The fourth-order valence-electron chi connectivity index (χ4n) is 3.69. The Hall–Kier alpha value is -3.92. The second-order valence-electron chi connectivity index (χ2n) is 9.90. The van der Waals surface area contributed by atoms with E-state index in [1.54, 1.807) is 6.07 Å². The van der Waals surface area contributed by atoms with Crippen LogP contribution in [0.25, 0.3) is 11.1 Å². The molecule has 2 aliphatic rings. The van der Waals surface area contributed by atoms with Crippen LogP contribution in [-0.2, 0) is 26.2 Å². The molecular weight excluding hydrogens is 537 g/mol. The molecular formula is C30H32FNO7S. The van der Waals surface area contributed by atoms with Crippen molar-refractivity contribution in [1.82, 2.24) is 4.72 Å². The van der Waals surface area contributed by atoms with Crippen LogP contribution in [0.3, 0.4) is 0 Å². The van der Waals surface area contributed by atoms with E-state index < -0.39 is 21.7 Å². The summed E-state index contributed by atoms with van der Waals surface area (Å²) in [6.07, 6.45) is 5.42. The van der Waals surface area contributed by atoms with Crippen molar-refractivity contribution >= 4 is 21.9 Å². The topological polar surface area (TPSA) is 108 Å². The molecule has 3 aromatic carbocycles. The lowest BCUT2D eigenvalue weighted by atomic mass is 10.1. The molecule has 2 saturated carbocycles. The highest BCUT2D eigenvalue weighted by Gasteiger charge is 2.30. The lowest BCUT2D eigenvalue weighted by Gasteiger charge is -2.11. The van der Waals surface area contributed by atoms with E-state index in [-0.39, 0.29) is 29.6 Å². The van der Waals surface area contributed by atoms with E-state index in [0.717, 1.165) is 48.6 Å². The van der Waals surface area contributed by atoms with E-state index in [0.29, 0.717) is 11.7 Å². The van der Waals surface area contributed by atoms with Gasteiger partial charge in [-0.25, -0.2) is 17.5 Å². The number of nitrogens with one attached hydrogen (secondary N) is 1. The number of halogens is 1. The van der Waals surface area contributed by atoms with Crippen LogP contribution in [-0.4, -0.2) is 40.3 Å². The maximum Gasteiger partial charge on any atom is 0.308 e. The summed E-state index contributed by atoms with van der Waals surface area (Å²) in [5.41, 5.74) is 2.11. The van der Waals surface area contributed by atoms with Crippen molar-refractivity contribution in [1.29, 1.82) is 0 Å². The largest absolute Gasteiger partial charge is 0.493 e. The highest BCUT2D eigenvalue weighted by molar-refractivity contribution is 7.89. The standard InChI is InChI=1S/C25H24FNO5S.C5H8O2/c1-33(29,30)27-25(28)20-7-8-21(24(26)14-20)16-32-23-4-2-3-19(13-23)18-9-11-22(12-10-18)31-15-17-5-6-17;1-7-5(6)4-2-3-4/h2-4,7-14,17H,5-6,15-16H2,1H3,(H,27,28);4H,2-3H2,1H3. The van der Waals surface area contributed by atoms with Gasteiger partial charge in [0, 0.05) is 11.1 Å². The molecule has 0 spiro atoms. The molecule has 0 aliphatic heterocycles. The Labute approximate surface area is 233 Å². The van der Waals surface area contributed by atoms with Crippen LogP contribution in [0.15, 0.2) is 66.7 Å². The van der Waals surface area contributed by atoms with Gasteiger partial charge in [0.2, 0.25) is 10.0 Å². The second-order valence-corrected chi connectivity index (χ2v) is 11.7. The van der Waals surface area contributed by atoms with Gasteiger partial charge in [-0.15, -0.1) is 0 Å². The molecule has 40 heavy (non-hydrogen) atoms. The summed E-state index contributed by atoms with van der Waals surface area (Å²) in [4.78, 5) is 22.2. The first-order valence-electron chi connectivity index (χ1n) is 13.0. The Morgan fingerprint density at radius 1 is 0.900 bits per heavy atom. The van der Waals surface area contributed by atoms with Gasteiger partial charge < -0.3 is 14.2 Å². The Bertz CT molecular complexity index is 1450. The van der Waals surface area contributed by atoms with Crippen LogP contribution in [0.4, 0.5) is 4.39 Å². The molecule has 0 heterocycles. The van der Waals surface area contributed by atoms with E-state index in [2.05, 4.69) is 4.74 Å². The summed E-state index contributed by atoms with van der Waals surface area (Å²) in [6.45, 7) is 0.722. The van der Waals surface area contributed by atoms with Gasteiger partial charge in [-0.3, -0.25) is 9.59 Å². The molecule has 3 aromatic rings. The summed E-state index contributed by atoms with van der Waals surface area (Å²) in [6, 6.07) is 19.1. The van der Waals surface area contributed by atoms with E-state index in [1.807, 2.05) is 47.2 Å². The van der Waals surface area contributed by atoms with Gasteiger partial charge in [-0.2, -0.15) is 0 Å². The van der Waals surface area contributed by atoms with Gasteiger partial charge in [0.05, 0.1) is 25.9 Å². The zero-order valence-corrected chi connectivity index (χ0v) is 23.2. The lowest BCUT2D eigenvalue weighted by molar-refractivity contribution is -0.142. The van der Waals surface area contributed by atoms with Crippen molar-refractivity contribution in [2.75, 3.05) is 20.0 Å². The SMILES string of the molecule is COC(=O)C1CC1.CS(=O)(=O)NC(=O)c1ccc(COc2cccc(-c3ccc(OCC4CC4)cc3)c2)c(F)c1. The van der Waals surface area contributed by atoms with E-state index in [1.165, 1.54) is 32.1 Å². The zero-order chi connectivity index (χ0) is 28.7. The summed E-state index contributed by atoms with van der Waals surface area (Å²) in [5, 5.41) is 0. The smallest absolute Gasteiger partial charge is 0.308 e. The summed E-state index contributed by atoms with van der Waals surface area (Å²) in [7, 11) is -2.30. The van der Waals surface area contributed by atoms with Crippen molar-refractivity contribution in [2.24, 2.45) is 11.8 Å². The third-order valence-electron chi connectivity index (χ3n) is 6.30. The fraction of sp³-hybridized carbons (Fsp3) is 0.333. The highest BCUT2D eigenvalue weighted by Crippen LogP contribution is 2.31. The number of carbonyl (C=O) groups is 2. The number of carbonyl (C=O) groups excluding carboxylic acids is 2. The number of rotatable bonds is 10. The predicted molar refractivity (Wildman–Crippen MR) is 148 cm³/mol. The second kappa shape index (κ2) is 13.0. The molecule has 0 bridgehead atoms. The van der Waals surface area contributed by atoms with Gasteiger partial charge in [0.1, 0.15) is 23.9 Å². The molecule has 2 fully saturated rings. The first-order chi connectivity index (χ1) is 19.1. The molecule has 1 N–H and O–H groups in total. The van der Waals surface area contributed by atoms with E-state index in [4.69, 9.17) is 9.47 Å². The third kappa shape index (κ3) is 9.08. The van der Waals surface area contributed by atoms with Crippen molar-refractivity contribution < 1.29 is 36.6 Å². The summed E-state index contributed by atoms with van der Waals surface area (Å²) in [5.74, 6) is 0.783. The first kappa shape index (κ1) is 29.1. The molecule has 0 radical (unpaired) electrons. The van der Waals surface area contributed by atoms with E-state index in [9.17, 15) is 22.4 Å². The molecule has 2 aliphatic carbocycles. The highest BCUT2D eigenvalue weighted by atomic mass is 32.2. The monoisotopic (exact) mass is 569 g/mol. The molecule has 1 amide bonds. The molecule has 8 nitrogen and oxygen atoms in total. The molecule has 5 rings (SSSR count). The third-order valence-corrected chi connectivity index (χ3v) is 6.86. The van der Waals surface area contributed by atoms with Crippen LogP contribution < -0.4 is 14.2 Å². The summed E-state index contributed by atoms with van der Waals surface area (Å²) < 4.78 is 54.5. The Morgan fingerprint density at radius 2 is 1.62 bits per heavy atom. The number of ether oxygens (including phenoxy) is 3. The van der Waals surface area contributed by atoms with Crippen LogP contribution in [0.1, 0.15) is 41.6 Å². The lowest BCUT2D eigenvalue weighted by Crippen LogP contribution is -2.29. The minimum absolute atomic E-state index is 0.0417. The minimum atomic E-state index is -3.73. The van der Waals surface area contributed by atoms with Crippen LogP contribution >= 0.6 is 0 Å². The Balaban J connectivity index is 0.000000461. The van der Waals surface area contributed by atoms with Crippen LogP contribution in [0.5, 0.6) is 11.5 Å². The number of sulfonamides is 1. The number of benzene rings is 3. The average molecular weight is 570 g/mol. The quantitative estimate of drug-likeness (QED) is 0.338. The molecule has 0 saturated heterocycles. The minimum Gasteiger partial charge on any atom is -0.493 e. The van der Waals surface area contributed by atoms with Crippen molar-refractivity contribution in [3.63, 3.8) is 0 Å². The molecule has 0 unspecified atom stereocenters. The molecule has 10 heteroatoms. The Kier molecular flexibility index (Phi) is 9.42.